The maximum atomic E-state index is 14.9. The molecule has 48 heavy (non-hydrogen) atoms. The third-order valence-corrected chi connectivity index (χ3v) is 9.22. The lowest BCUT2D eigenvalue weighted by molar-refractivity contribution is 0.200. The number of carbonyl (C=O) groups is 2. The minimum Gasteiger partial charge on any atom is -0.334 e. The van der Waals surface area contributed by atoms with Crippen molar-refractivity contribution in [3.63, 3.8) is 0 Å². The first-order valence-electron chi connectivity index (χ1n) is 17.1. The molecule has 7 nitrogen and oxygen atoms in total. The predicted octanol–water partition coefficient (Wildman–Crippen LogP) is 8.40. The van der Waals surface area contributed by atoms with E-state index in [1.807, 2.05) is 84.3 Å². The summed E-state index contributed by atoms with van der Waals surface area (Å²) in [7, 11) is 0. The van der Waals surface area contributed by atoms with Crippen LogP contribution < -0.4 is 21.3 Å². The van der Waals surface area contributed by atoms with E-state index in [9.17, 15) is 9.59 Å². The maximum absolute atomic E-state index is 14.9. The number of urea groups is 2. The number of hydrogen-bond donors (Lipinski definition) is 3. The number of benzene rings is 4. The van der Waals surface area contributed by atoms with Crippen LogP contribution in [0.25, 0.3) is 0 Å². The Kier molecular flexibility index (Phi) is 12.1. The van der Waals surface area contributed by atoms with E-state index < -0.39 is 0 Å². The third-order valence-electron chi connectivity index (χ3n) is 9.22. The highest BCUT2D eigenvalue weighted by molar-refractivity contribution is 5.93. The fourth-order valence-electron chi connectivity index (χ4n) is 6.53. The van der Waals surface area contributed by atoms with Crippen LogP contribution in [0.5, 0.6) is 0 Å². The molecule has 4 N–H and O–H groups in total. The van der Waals surface area contributed by atoms with Gasteiger partial charge in [-0.15, -0.1) is 0 Å². The molecule has 0 spiro atoms. The molecule has 0 heterocycles. The molecule has 0 aromatic heterocycles. The Morgan fingerprint density at radius 1 is 0.812 bits per heavy atom. The summed E-state index contributed by atoms with van der Waals surface area (Å²) in [6, 6.07) is 36.1. The lowest BCUT2D eigenvalue weighted by Crippen LogP contribution is -2.56. The van der Waals surface area contributed by atoms with Gasteiger partial charge in [-0.2, -0.15) is 0 Å². The van der Waals surface area contributed by atoms with Gasteiger partial charge in [-0.05, 0) is 74.1 Å². The van der Waals surface area contributed by atoms with Gasteiger partial charge in [0, 0.05) is 43.0 Å². The number of nitrogens with two attached hydrogens (primary N) is 1. The summed E-state index contributed by atoms with van der Waals surface area (Å²) in [6.07, 6.45) is 4.56. The number of rotatable bonds is 12. The molecule has 250 valence electrons. The van der Waals surface area contributed by atoms with Crippen LogP contribution in [-0.4, -0.2) is 48.7 Å². The molecule has 4 amide bonds. The van der Waals surface area contributed by atoms with E-state index in [2.05, 4.69) is 65.7 Å². The van der Waals surface area contributed by atoms with Gasteiger partial charge in [0.05, 0.1) is 6.04 Å². The molecule has 0 radical (unpaired) electrons. The Balaban J connectivity index is 1.39. The highest BCUT2D eigenvalue weighted by atomic mass is 16.2. The molecule has 4 aromatic rings. The van der Waals surface area contributed by atoms with E-state index in [1.165, 1.54) is 11.1 Å². The average Bonchev–Trinajstić information content (AvgIpc) is 3.10. The first-order chi connectivity index (χ1) is 23.3. The van der Waals surface area contributed by atoms with Crippen LogP contribution in [0.15, 0.2) is 121 Å². The molecule has 0 bridgehead atoms. The zero-order chi connectivity index (χ0) is 33.9. The molecule has 5 rings (SSSR count). The summed E-state index contributed by atoms with van der Waals surface area (Å²) in [5, 5.41) is 5.80. The fourth-order valence-corrected chi connectivity index (χ4v) is 6.53. The van der Waals surface area contributed by atoms with Gasteiger partial charge in [0.15, 0.2) is 0 Å². The second-order valence-corrected chi connectivity index (χ2v) is 13.0. The number of aryl methyl sites for hydroxylation is 2. The topological polar surface area (TPSA) is 90.7 Å². The minimum atomic E-state index is -0.319. The largest absolute Gasteiger partial charge is 0.334 e. The van der Waals surface area contributed by atoms with Crippen molar-refractivity contribution in [2.45, 2.75) is 64.0 Å². The zero-order valence-corrected chi connectivity index (χ0v) is 28.3. The van der Waals surface area contributed by atoms with Crippen molar-refractivity contribution in [3.8, 4) is 0 Å². The normalized spacial score (nSPS) is 15.8. The van der Waals surface area contributed by atoms with E-state index in [0.29, 0.717) is 25.2 Å². The SMILES string of the molecule is C=C(CNC(=O)Nc1ccc(C)cc1)CN(CCC(c1ccccc1)c1ccccc1)C(=O)N(c1ccc(C)cc1)[C@@H]1CCCC[C@H]1N. The summed E-state index contributed by atoms with van der Waals surface area (Å²) < 4.78 is 0. The molecule has 1 fully saturated rings. The monoisotopic (exact) mass is 643 g/mol. The highest BCUT2D eigenvalue weighted by Gasteiger charge is 2.35. The summed E-state index contributed by atoms with van der Waals surface area (Å²) >= 11 is 0. The first kappa shape index (κ1) is 34.5. The van der Waals surface area contributed by atoms with Gasteiger partial charge >= 0.3 is 12.1 Å². The summed E-state index contributed by atoms with van der Waals surface area (Å²) in [5.74, 6) is 0.0964. The lowest BCUT2D eigenvalue weighted by Gasteiger charge is -2.41. The first-order valence-corrected chi connectivity index (χ1v) is 17.1. The number of carbonyl (C=O) groups excluding carboxylic acids is 2. The maximum Gasteiger partial charge on any atom is 0.325 e. The van der Waals surface area contributed by atoms with E-state index in [4.69, 9.17) is 5.73 Å². The number of nitrogens with zero attached hydrogens (tertiary/aromatic N) is 2. The summed E-state index contributed by atoms with van der Waals surface area (Å²) in [4.78, 5) is 31.4. The molecule has 0 aliphatic heterocycles. The zero-order valence-electron chi connectivity index (χ0n) is 28.3. The Labute approximate surface area is 285 Å². The van der Waals surface area contributed by atoms with Crippen molar-refractivity contribution in [3.05, 3.63) is 144 Å². The van der Waals surface area contributed by atoms with Crippen LogP contribution in [0, 0.1) is 13.8 Å². The molecule has 2 atom stereocenters. The molecule has 7 heteroatoms. The molecule has 1 aliphatic carbocycles. The number of anilines is 2. The smallest absolute Gasteiger partial charge is 0.325 e. The van der Waals surface area contributed by atoms with Crippen molar-refractivity contribution >= 4 is 23.4 Å². The Hall–Kier alpha value is -4.88. The van der Waals surface area contributed by atoms with Crippen molar-refractivity contribution in [1.29, 1.82) is 0 Å². The number of nitrogens with one attached hydrogen (secondary N) is 2. The third kappa shape index (κ3) is 9.35. The highest BCUT2D eigenvalue weighted by Crippen LogP contribution is 2.31. The molecule has 0 saturated heterocycles. The Bertz CT molecular complexity index is 1580. The van der Waals surface area contributed by atoms with E-state index in [1.54, 1.807) is 0 Å². The standard InChI is InChI=1S/C41H49N5O2/c1-30-18-22-35(23-19-30)44-40(47)43-28-32(3)29-45(27-26-37(33-12-6-4-7-13-33)34-14-8-5-9-15-34)41(48)46(36-24-20-31(2)21-25-36)39-17-11-10-16-38(39)42/h4-9,12-15,18-25,37-39H,3,10-11,16-17,26-29,42H2,1-2H3,(H2,43,44,47)/t38-,39-/m1/s1. The molecule has 1 saturated carbocycles. The van der Waals surface area contributed by atoms with Gasteiger partial charge < -0.3 is 21.3 Å². The number of hydrogen-bond acceptors (Lipinski definition) is 3. The summed E-state index contributed by atoms with van der Waals surface area (Å²) in [5.41, 5.74) is 13.7. The minimum absolute atomic E-state index is 0.0914. The van der Waals surface area contributed by atoms with Crippen molar-refractivity contribution < 1.29 is 9.59 Å². The molecule has 0 unspecified atom stereocenters. The second-order valence-electron chi connectivity index (χ2n) is 13.0. The van der Waals surface area contributed by atoms with E-state index >= 15 is 0 Å². The van der Waals surface area contributed by atoms with E-state index in [0.717, 1.165) is 48.1 Å². The van der Waals surface area contributed by atoms with Gasteiger partial charge in [0.2, 0.25) is 0 Å². The molecular formula is C41H49N5O2. The summed E-state index contributed by atoms with van der Waals surface area (Å²) in [6.45, 7) is 9.38. The lowest BCUT2D eigenvalue weighted by atomic mass is 9.88. The quantitative estimate of drug-likeness (QED) is 0.135. The van der Waals surface area contributed by atoms with Crippen LogP contribution in [-0.2, 0) is 0 Å². The van der Waals surface area contributed by atoms with Crippen LogP contribution >= 0.6 is 0 Å². The van der Waals surface area contributed by atoms with Gasteiger partial charge in [-0.1, -0.05) is 115 Å². The van der Waals surface area contributed by atoms with Gasteiger partial charge in [0.25, 0.3) is 0 Å². The van der Waals surface area contributed by atoms with E-state index in [-0.39, 0.29) is 36.6 Å². The van der Waals surface area contributed by atoms with Crippen molar-refractivity contribution in [2.24, 2.45) is 5.73 Å². The van der Waals surface area contributed by atoms with Crippen molar-refractivity contribution in [2.75, 3.05) is 29.9 Å². The van der Waals surface area contributed by atoms with Crippen LogP contribution in [0.1, 0.15) is 60.3 Å². The van der Waals surface area contributed by atoms with Crippen LogP contribution in [0.3, 0.4) is 0 Å². The molecular weight excluding hydrogens is 594 g/mol. The number of amides is 4. The van der Waals surface area contributed by atoms with Crippen LogP contribution in [0.2, 0.25) is 0 Å². The molecule has 1 aliphatic rings. The predicted molar refractivity (Wildman–Crippen MR) is 198 cm³/mol. The fraction of sp³-hybridized carbons (Fsp3) is 0.317. The average molecular weight is 644 g/mol. The second kappa shape index (κ2) is 16.8. The van der Waals surface area contributed by atoms with Crippen molar-refractivity contribution in [1.82, 2.24) is 10.2 Å². The van der Waals surface area contributed by atoms with Crippen LogP contribution in [0.4, 0.5) is 21.0 Å². The van der Waals surface area contributed by atoms with Gasteiger partial charge in [-0.3, -0.25) is 4.90 Å². The Morgan fingerprint density at radius 2 is 1.38 bits per heavy atom. The molecule has 4 aromatic carbocycles. The van der Waals surface area contributed by atoms with Gasteiger partial charge in [-0.25, -0.2) is 9.59 Å². The Morgan fingerprint density at radius 3 is 1.96 bits per heavy atom. The van der Waals surface area contributed by atoms with Gasteiger partial charge in [0.1, 0.15) is 0 Å².